The Kier molecular flexibility index (Phi) is 8.31. The summed E-state index contributed by atoms with van der Waals surface area (Å²) in [6.07, 6.45) is 5.13. The highest BCUT2D eigenvalue weighted by molar-refractivity contribution is 6.47. The molecule has 10 nitrogen and oxygen atoms in total. The molecule has 1 aromatic carbocycles. The monoisotopic (exact) mass is 469 g/mol. The van der Waals surface area contributed by atoms with E-state index >= 15 is 0 Å². The van der Waals surface area contributed by atoms with Crippen LogP contribution in [0.4, 0.5) is 0 Å². The molecule has 3 N–H and O–H groups in total. The van der Waals surface area contributed by atoms with Crippen molar-refractivity contribution < 1.29 is 24.0 Å². The summed E-state index contributed by atoms with van der Waals surface area (Å²) in [4.78, 5) is 25.1. The average Bonchev–Trinajstić information content (AvgIpc) is 3.50. The molecule has 0 saturated carbocycles. The highest BCUT2D eigenvalue weighted by Gasteiger charge is 2.38. The van der Waals surface area contributed by atoms with Crippen LogP contribution >= 0.6 is 0 Å². The minimum absolute atomic E-state index is 0.0735. The van der Waals surface area contributed by atoms with E-state index in [-0.39, 0.29) is 18.7 Å². The normalized spacial score (nSPS) is 19.5. The Hall–Kier alpha value is -2.76. The van der Waals surface area contributed by atoms with Crippen molar-refractivity contribution in [2.45, 2.75) is 64.0 Å². The molecule has 2 aromatic rings. The Balaban J connectivity index is 1.31. The molecule has 0 radical (unpaired) electrons. The van der Waals surface area contributed by atoms with Crippen molar-refractivity contribution in [3.63, 3.8) is 0 Å². The molecule has 2 atom stereocenters. The Morgan fingerprint density at radius 1 is 1.41 bits per heavy atom. The number of hydrogen-bond donors (Lipinski definition) is 3. The molecule has 2 aliphatic heterocycles. The molecule has 11 heteroatoms. The number of Topliss-reactive ketones (excluding diaryl/α,β-unsaturated/α-hetero) is 1. The third kappa shape index (κ3) is 6.22. The lowest BCUT2D eigenvalue weighted by atomic mass is 9.64. The molecule has 0 aliphatic carbocycles. The van der Waals surface area contributed by atoms with Gasteiger partial charge in [0.25, 0.3) is 0 Å². The van der Waals surface area contributed by atoms with Gasteiger partial charge in [0.15, 0.2) is 5.78 Å². The van der Waals surface area contributed by atoms with Crippen LogP contribution in [0.3, 0.4) is 0 Å². The standard InChI is InChI=1S/C23H32BN5O5/c1-2-3-9-33-23(31)21-6-4-5-16-10-17(24(32)34-22(16)21)11-20(30)15-29-14-19(27-28-29)13-26-18-7-8-25-12-18/h4-6,14,17-18,25-26,32H,2-3,7-13,15H2,1H3/t17-,18+/m1/s1. The van der Waals surface area contributed by atoms with Gasteiger partial charge in [0, 0.05) is 31.4 Å². The van der Waals surface area contributed by atoms with Crippen molar-refractivity contribution >= 4 is 18.9 Å². The predicted molar refractivity (Wildman–Crippen MR) is 125 cm³/mol. The lowest BCUT2D eigenvalue weighted by Gasteiger charge is -2.28. The third-order valence-corrected chi connectivity index (χ3v) is 6.22. The minimum atomic E-state index is -1.18. The Morgan fingerprint density at radius 3 is 3.09 bits per heavy atom. The molecule has 2 aliphatic rings. The van der Waals surface area contributed by atoms with Gasteiger partial charge in [-0.1, -0.05) is 30.7 Å². The van der Waals surface area contributed by atoms with Crippen LogP contribution < -0.4 is 15.3 Å². The van der Waals surface area contributed by atoms with E-state index in [2.05, 4.69) is 20.9 Å². The lowest BCUT2D eigenvalue weighted by molar-refractivity contribution is -0.120. The number of ether oxygens (including phenoxy) is 1. The summed E-state index contributed by atoms with van der Waals surface area (Å²) in [5.74, 6) is -0.611. The number of unbranched alkanes of at least 4 members (excludes halogenated alkanes) is 1. The minimum Gasteiger partial charge on any atom is -0.535 e. The number of aromatic nitrogens is 3. The highest BCUT2D eigenvalue weighted by atomic mass is 16.5. The number of fused-ring (bicyclic) bond motifs is 1. The SMILES string of the molecule is CCCCOC(=O)c1cccc2c1OB(O)[C@@H](CC(=O)Cn1cc(CN[C@H]3CCNC3)nn1)C2. The van der Waals surface area contributed by atoms with E-state index in [0.717, 1.165) is 43.6 Å². The highest BCUT2D eigenvalue weighted by Crippen LogP contribution is 2.36. The van der Waals surface area contributed by atoms with E-state index in [4.69, 9.17) is 9.39 Å². The van der Waals surface area contributed by atoms with Crippen molar-refractivity contribution in [2.24, 2.45) is 0 Å². The van der Waals surface area contributed by atoms with Gasteiger partial charge in [-0.25, -0.2) is 9.48 Å². The topological polar surface area (TPSA) is 128 Å². The quantitative estimate of drug-likeness (QED) is 0.252. The molecule has 34 heavy (non-hydrogen) atoms. The zero-order valence-electron chi connectivity index (χ0n) is 19.5. The van der Waals surface area contributed by atoms with Crippen molar-refractivity contribution in [2.75, 3.05) is 19.7 Å². The van der Waals surface area contributed by atoms with Crippen LogP contribution in [0, 0.1) is 0 Å². The van der Waals surface area contributed by atoms with Gasteiger partial charge in [-0.2, -0.15) is 0 Å². The van der Waals surface area contributed by atoms with Crippen molar-refractivity contribution in [1.29, 1.82) is 0 Å². The van der Waals surface area contributed by atoms with Gasteiger partial charge in [0.05, 0.1) is 18.5 Å². The molecule has 0 unspecified atom stereocenters. The first kappa shape index (κ1) is 24.4. The Bertz CT molecular complexity index is 994. The molecule has 1 saturated heterocycles. The molecular weight excluding hydrogens is 437 g/mol. The Labute approximate surface area is 199 Å². The number of carbonyl (C=O) groups excluding carboxylic acids is 2. The molecule has 0 spiro atoms. The van der Waals surface area contributed by atoms with Crippen molar-refractivity contribution in [3.8, 4) is 5.75 Å². The van der Waals surface area contributed by atoms with Crippen LogP contribution in [0.15, 0.2) is 24.4 Å². The number of para-hydroxylation sites is 1. The predicted octanol–water partition coefficient (Wildman–Crippen LogP) is 1.13. The van der Waals surface area contributed by atoms with Gasteiger partial charge < -0.3 is 25.0 Å². The summed E-state index contributed by atoms with van der Waals surface area (Å²) >= 11 is 0. The Morgan fingerprint density at radius 2 is 2.29 bits per heavy atom. The van der Waals surface area contributed by atoms with Crippen LogP contribution in [0.5, 0.6) is 5.75 Å². The zero-order valence-corrected chi connectivity index (χ0v) is 19.5. The number of nitrogens with zero attached hydrogens (tertiary/aromatic N) is 3. The van der Waals surface area contributed by atoms with Gasteiger partial charge >= 0.3 is 13.1 Å². The molecule has 1 fully saturated rings. The fourth-order valence-corrected chi connectivity index (χ4v) is 4.32. The molecule has 1 aromatic heterocycles. The summed E-state index contributed by atoms with van der Waals surface area (Å²) in [5.41, 5.74) is 1.87. The number of esters is 1. The first-order chi connectivity index (χ1) is 16.5. The van der Waals surface area contributed by atoms with E-state index in [9.17, 15) is 14.6 Å². The fraction of sp³-hybridized carbons (Fsp3) is 0.565. The number of hydrogen-bond acceptors (Lipinski definition) is 9. The van der Waals surface area contributed by atoms with Crippen LogP contribution in [-0.2, 0) is 29.0 Å². The van der Waals surface area contributed by atoms with Crippen LogP contribution in [0.25, 0.3) is 0 Å². The second kappa shape index (κ2) is 11.6. The molecule has 0 amide bonds. The number of nitrogens with one attached hydrogen (secondary N) is 2. The fourth-order valence-electron chi connectivity index (χ4n) is 4.32. The summed E-state index contributed by atoms with van der Waals surface area (Å²) < 4.78 is 12.5. The van der Waals surface area contributed by atoms with Crippen LogP contribution in [-0.4, -0.2) is 64.6 Å². The third-order valence-electron chi connectivity index (χ3n) is 6.22. The summed E-state index contributed by atoms with van der Waals surface area (Å²) in [6.45, 7) is 5.02. The number of rotatable bonds is 11. The average molecular weight is 469 g/mol. The molecule has 4 rings (SSSR count). The second-order valence-electron chi connectivity index (χ2n) is 8.98. The summed E-state index contributed by atoms with van der Waals surface area (Å²) in [7, 11) is -1.18. The number of ketones is 1. The van der Waals surface area contributed by atoms with E-state index in [1.807, 2.05) is 13.0 Å². The van der Waals surface area contributed by atoms with Gasteiger partial charge in [-0.3, -0.25) is 4.79 Å². The smallest absolute Gasteiger partial charge is 0.526 e. The maximum absolute atomic E-state index is 12.7. The molecule has 3 heterocycles. The van der Waals surface area contributed by atoms with Crippen LogP contribution in [0.1, 0.15) is 54.2 Å². The number of carbonyl (C=O) groups is 2. The van der Waals surface area contributed by atoms with Gasteiger partial charge in [-0.05, 0) is 37.4 Å². The number of benzene rings is 1. The molecular formula is C23H32BN5O5. The van der Waals surface area contributed by atoms with E-state index in [0.29, 0.717) is 36.9 Å². The van der Waals surface area contributed by atoms with Crippen molar-refractivity contribution in [1.82, 2.24) is 25.6 Å². The first-order valence-electron chi connectivity index (χ1n) is 12.0. The van der Waals surface area contributed by atoms with E-state index in [1.54, 1.807) is 18.3 Å². The lowest BCUT2D eigenvalue weighted by Crippen LogP contribution is -2.36. The van der Waals surface area contributed by atoms with E-state index in [1.165, 1.54) is 4.68 Å². The maximum atomic E-state index is 12.7. The molecule has 182 valence electrons. The van der Waals surface area contributed by atoms with Crippen molar-refractivity contribution in [3.05, 3.63) is 41.2 Å². The van der Waals surface area contributed by atoms with Gasteiger partial charge in [-0.15, -0.1) is 5.10 Å². The first-order valence-corrected chi connectivity index (χ1v) is 12.0. The van der Waals surface area contributed by atoms with E-state index < -0.39 is 18.9 Å². The van der Waals surface area contributed by atoms with Gasteiger partial charge in [0.1, 0.15) is 17.9 Å². The largest absolute Gasteiger partial charge is 0.535 e. The zero-order chi connectivity index (χ0) is 23.9. The summed E-state index contributed by atoms with van der Waals surface area (Å²) in [5, 5.41) is 25.5. The molecule has 0 bridgehead atoms. The summed E-state index contributed by atoms with van der Waals surface area (Å²) in [6, 6.07) is 5.67. The maximum Gasteiger partial charge on any atom is 0.526 e. The van der Waals surface area contributed by atoms with Crippen LogP contribution in [0.2, 0.25) is 5.82 Å². The second-order valence-corrected chi connectivity index (χ2v) is 8.98. The van der Waals surface area contributed by atoms with Gasteiger partial charge in [0.2, 0.25) is 0 Å².